The fourth-order valence-corrected chi connectivity index (χ4v) is 5.69. The van der Waals surface area contributed by atoms with Gasteiger partial charge in [0.1, 0.15) is 5.52 Å². The summed E-state index contributed by atoms with van der Waals surface area (Å²) in [4.78, 5) is 15.0. The predicted molar refractivity (Wildman–Crippen MR) is 182 cm³/mol. The fraction of sp³-hybridized carbons (Fsp3) is 0. The van der Waals surface area contributed by atoms with Gasteiger partial charge in [0.2, 0.25) is 5.89 Å². The van der Waals surface area contributed by atoms with Crippen LogP contribution in [0.4, 0.5) is 0 Å². The molecule has 0 saturated carbocycles. The van der Waals surface area contributed by atoms with Gasteiger partial charge in [0.15, 0.2) is 11.4 Å². The van der Waals surface area contributed by atoms with Crippen molar-refractivity contribution in [3.8, 4) is 67.6 Å². The van der Waals surface area contributed by atoms with Crippen LogP contribution in [0.15, 0.2) is 168 Å². The quantitative estimate of drug-likeness (QED) is 0.197. The standard InChI is InChI=1S/C41H27N3O/c1-4-12-30(13-5-1)37-38(31-14-6-2-7-15-31)43-40(33-16-8-3-9-17-33)44-39(37)32-24-20-28(21-25-32)29-22-26-34(27-23-29)41-42-35-18-10-11-19-36(35)45-41/h1-27H. The highest BCUT2D eigenvalue weighted by Gasteiger charge is 2.20. The first kappa shape index (κ1) is 26.5. The normalized spacial score (nSPS) is 11.1. The summed E-state index contributed by atoms with van der Waals surface area (Å²) in [5.74, 6) is 1.32. The molecule has 2 aromatic heterocycles. The van der Waals surface area contributed by atoms with Crippen LogP contribution in [0.5, 0.6) is 0 Å². The molecule has 45 heavy (non-hydrogen) atoms. The van der Waals surface area contributed by atoms with Gasteiger partial charge in [0.05, 0.1) is 11.4 Å². The van der Waals surface area contributed by atoms with E-state index in [0.717, 1.165) is 67.0 Å². The Bertz CT molecular complexity index is 2190. The van der Waals surface area contributed by atoms with E-state index in [1.54, 1.807) is 0 Å². The van der Waals surface area contributed by atoms with E-state index in [4.69, 9.17) is 14.4 Å². The molecule has 4 heteroatoms. The molecule has 0 bridgehead atoms. The molecule has 8 rings (SSSR count). The average Bonchev–Trinajstić information content (AvgIpc) is 3.57. The summed E-state index contributed by atoms with van der Waals surface area (Å²) in [6, 6.07) is 55.8. The van der Waals surface area contributed by atoms with Crippen molar-refractivity contribution in [1.82, 2.24) is 15.0 Å². The number of nitrogens with zero attached hydrogens (tertiary/aromatic N) is 3. The molecule has 8 aromatic rings. The number of benzene rings is 6. The van der Waals surface area contributed by atoms with Crippen LogP contribution in [0.2, 0.25) is 0 Å². The van der Waals surface area contributed by atoms with Crippen molar-refractivity contribution in [2.75, 3.05) is 0 Å². The summed E-state index contributed by atoms with van der Waals surface area (Å²) < 4.78 is 5.97. The highest BCUT2D eigenvalue weighted by atomic mass is 16.3. The zero-order valence-corrected chi connectivity index (χ0v) is 24.3. The van der Waals surface area contributed by atoms with Gasteiger partial charge >= 0.3 is 0 Å². The Labute approximate surface area is 261 Å². The predicted octanol–water partition coefficient (Wildman–Crippen LogP) is 10.6. The third-order valence-corrected chi connectivity index (χ3v) is 7.97. The van der Waals surface area contributed by atoms with Crippen molar-refractivity contribution in [3.63, 3.8) is 0 Å². The van der Waals surface area contributed by atoms with E-state index in [-0.39, 0.29) is 0 Å². The van der Waals surface area contributed by atoms with Gasteiger partial charge in [-0.3, -0.25) is 0 Å². The Morgan fingerprint density at radius 1 is 0.333 bits per heavy atom. The molecule has 0 spiro atoms. The smallest absolute Gasteiger partial charge is 0.227 e. The fourth-order valence-electron chi connectivity index (χ4n) is 5.69. The Morgan fingerprint density at radius 3 is 1.36 bits per heavy atom. The summed E-state index contributed by atoms with van der Waals surface area (Å²) in [5.41, 5.74) is 11.8. The molecule has 2 heterocycles. The number of aromatic nitrogens is 3. The molecule has 4 nitrogen and oxygen atoms in total. The number of hydrogen-bond acceptors (Lipinski definition) is 4. The van der Waals surface area contributed by atoms with Crippen molar-refractivity contribution in [1.29, 1.82) is 0 Å². The minimum Gasteiger partial charge on any atom is -0.436 e. The van der Waals surface area contributed by atoms with Crippen LogP contribution in [0.25, 0.3) is 78.7 Å². The van der Waals surface area contributed by atoms with Crippen LogP contribution in [0.1, 0.15) is 0 Å². The van der Waals surface area contributed by atoms with E-state index < -0.39 is 0 Å². The molecule has 212 valence electrons. The molecule has 0 aliphatic carbocycles. The second-order valence-corrected chi connectivity index (χ2v) is 10.9. The topological polar surface area (TPSA) is 51.8 Å². The lowest BCUT2D eigenvalue weighted by atomic mass is 9.93. The van der Waals surface area contributed by atoms with Crippen LogP contribution >= 0.6 is 0 Å². The lowest BCUT2D eigenvalue weighted by Crippen LogP contribution is -2.00. The van der Waals surface area contributed by atoms with Crippen molar-refractivity contribution < 1.29 is 4.42 Å². The molecule has 6 aromatic carbocycles. The zero-order chi connectivity index (χ0) is 30.0. The van der Waals surface area contributed by atoms with E-state index in [9.17, 15) is 0 Å². The molecule has 0 saturated heterocycles. The molecule has 0 N–H and O–H groups in total. The molecule has 0 aliphatic heterocycles. The van der Waals surface area contributed by atoms with Gasteiger partial charge in [0, 0.05) is 27.8 Å². The summed E-state index contributed by atoms with van der Waals surface area (Å²) in [7, 11) is 0. The van der Waals surface area contributed by atoms with Gasteiger partial charge in [-0.25, -0.2) is 15.0 Å². The Hall–Kier alpha value is -6.13. The van der Waals surface area contributed by atoms with Crippen molar-refractivity contribution in [3.05, 3.63) is 164 Å². The number of rotatable bonds is 6. The van der Waals surface area contributed by atoms with Gasteiger partial charge in [-0.15, -0.1) is 0 Å². The van der Waals surface area contributed by atoms with Crippen LogP contribution < -0.4 is 0 Å². The first-order valence-electron chi connectivity index (χ1n) is 15.0. The van der Waals surface area contributed by atoms with Crippen molar-refractivity contribution in [2.45, 2.75) is 0 Å². The Balaban J connectivity index is 1.22. The molecular weight excluding hydrogens is 550 g/mol. The molecular formula is C41H27N3O. The van der Waals surface area contributed by atoms with Crippen LogP contribution in [0, 0.1) is 0 Å². The maximum Gasteiger partial charge on any atom is 0.227 e. The van der Waals surface area contributed by atoms with E-state index in [1.807, 2.05) is 54.6 Å². The third-order valence-electron chi connectivity index (χ3n) is 7.97. The molecule has 0 unspecified atom stereocenters. The SMILES string of the molecule is c1ccc(-c2nc(-c3ccccc3)c(-c3ccccc3)c(-c3ccc(-c4ccc(-c5nc6ccccc6o5)cc4)cc3)n2)cc1. The minimum absolute atomic E-state index is 0.624. The average molecular weight is 578 g/mol. The zero-order valence-electron chi connectivity index (χ0n) is 24.3. The lowest BCUT2D eigenvalue weighted by molar-refractivity contribution is 0.620. The van der Waals surface area contributed by atoms with E-state index in [2.05, 4.69) is 114 Å². The van der Waals surface area contributed by atoms with E-state index in [1.165, 1.54) is 0 Å². The number of oxazole rings is 1. The Kier molecular flexibility index (Phi) is 6.78. The second kappa shape index (κ2) is 11.5. The van der Waals surface area contributed by atoms with E-state index in [0.29, 0.717) is 11.7 Å². The number of hydrogen-bond donors (Lipinski definition) is 0. The summed E-state index contributed by atoms with van der Waals surface area (Å²) in [5, 5.41) is 0. The maximum atomic E-state index is 5.97. The first-order valence-corrected chi connectivity index (χ1v) is 15.0. The molecule has 0 aliphatic rings. The van der Waals surface area contributed by atoms with Gasteiger partial charge in [-0.1, -0.05) is 140 Å². The number of fused-ring (bicyclic) bond motifs is 1. The van der Waals surface area contributed by atoms with Crippen LogP contribution in [-0.4, -0.2) is 15.0 Å². The second-order valence-electron chi connectivity index (χ2n) is 10.9. The van der Waals surface area contributed by atoms with Gasteiger partial charge in [-0.2, -0.15) is 0 Å². The highest BCUT2D eigenvalue weighted by molar-refractivity contribution is 5.92. The molecule has 0 atom stereocenters. The van der Waals surface area contributed by atoms with Crippen LogP contribution in [0.3, 0.4) is 0 Å². The summed E-state index contributed by atoms with van der Waals surface area (Å²) >= 11 is 0. The molecule has 0 radical (unpaired) electrons. The minimum atomic E-state index is 0.624. The monoisotopic (exact) mass is 577 g/mol. The van der Waals surface area contributed by atoms with Gasteiger partial charge in [0.25, 0.3) is 0 Å². The van der Waals surface area contributed by atoms with Crippen LogP contribution in [-0.2, 0) is 0 Å². The third kappa shape index (κ3) is 5.19. The number of para-hydroxylation sites is 2. The van der Waals surface area contributed by atoms with Gasteiger partial charge in [-0.05, 0) is 41.0 Å². The molecule has 0 amide bonds. The summed E-state index contributed by atoms with van der Waals surface area (Å²) in [6.45, 7) is 0. The van der Waals surface area contributed by atoms with Gasteiger partial charge < -0.3 is 4.42 Å². The van der Waals surface area contributed by atoms with E-state index >= 15 is 0 Å². The maximum absolute atomic E-state index is 5.97. The largest absolute Gasteiger partial charge is 0.436 e. The highest BCUT2D eigenvalue weighted by Crippen LogP contribution is 2.40. The Morgan fingerprint density at radius 2 is 0.778 bits per heavy atom. The lowest BCUT2D eigenvalue weighted by Gasteiger charge is -2.17. The van der Waals surface area contributed by atoms with Crippen molar-refractivity contribution >= 4 is 11.1 Å². The summed E-state index contributed by atoms with van der Waals surface area (Å²) in [6.07, 6.45) is 0. The molecule has 0 fully saturated rings. The first-order chi connectivity index (χ1) is 22.3. The van der Waals surface area contributed by atoms with Crippen molar-refractivity contribution in [2.24, 2.45) is 0 Å².